The Morgan fingerprint density at radius 2 is 2.06 bits per heavy atom. The summed E-state index contributed by atoms with van der Waals surface area (Å²) in [6.45, 7) is 0.292. The van der Waals surface area contributed by atoms with Gasteiger partial charge >= 0.3 is 5.97 Å². The lowest BCUT2D eigenvalue weighted by atomic mass is 10.1. The SMILES string of the molecule is Nc1ccc(C(=O)O)c(NCCCS(N)(=O)=O)c1. The molecular weight excluding hydrogens is 258 g/mol. The van der Waals surface area contributed by atoms with Crippen molar-refractivity contribution in [1.82, 2.24) is 0 Å². The van der Waals surface area contributed by atoms with Crippen molar-refractivity contribution in [3.8, 4) is 0 Å². The van der Waals surface area contributed by atoms with Gasteiger partial charge < -0.3 is 16.2 Å². The number of aromatic carboxylic acids is 1. The summed E-state index contributed by atoms with van der Waals surface area (Å²) in [7, 11) is -3.49. The first-order valence-electron chi connectivity index (χ1n) is 5.17. The third-order valence-corrected chi connectivity index (χ3v) is 3.05. The van der Waals surface area contributed by atoms with Gasteiger partial charge in [-0.05, 0) is 24.6 Å². The standard InChI is InChI=1S/C10H15N3O4S/c11-7-2-3-8(10(14)15)9(6-7)13-4-1-5-18(12,16)17/h2-3,6,13H,1,4-5,11H2,(H,14,15)(H2,12,16,17). The van der Waals surface area contributed by atoms with Crippen molar-refractivity contribution in [3.63, 3.8) is 0 Å². The molecule has 0 atom stereocenters. The van der Waals surface area contributed by atoms with Crippen molar-refractivity contribution in [2.45, 2.75) is 6.42 Å². The van der Waals surface area contributed by atoms with Gasteiger partial charge in [0.15, 0.2) is 0 Å². The number of carboxylic acid groups (broad SMARTS) is 1. The number of nitrogen functional groups attached to an aromatic ring is 1. The summed E-state index contributed by atoms with van der Waals surface area (Å²) in [6, 6.07) is 4.36. The molecule has 0 aliphatic carbocycles. The molecule has 0 amide bonds. The maximum Gasteiger partial charge on any atom is 0.337 e. The zero-order valence-electron chi connectivity index (χ0n) is 9.59. The highest BCUT2D eigenvalue weighted by Crippen LogP contribution is 2.19. The molecular formula is C10H15N3O4S. The molecule has 1 aromatic carbocycles. The molecule has 7 nitrogen and oxygen atoms in total. The predicted octanol–water partition coefficient (Wildman–Crippen LogP) is 0.0575. The van der Waals surface area contributed by atoms with E-state index < -0.39 is 16.0 Å². The van der Waals surface area contributed by atoms with Crippen LogP contribution < -0.4 is 16.2 Å². The van der Waals surface area contributed by atoms with Crippen LogP contribution in [0, 0.1) is 0 Å². The molecule has 100 valence electrons. The van der Waals surface area contributed by atoms with E-state index in [-0.39, 0.29) is 17.7 Å². The third-order valence-electron chi connectivity index (χ3n) is 2.20. The number of anilines is 2. The van der Waals surface area contributed by atoms with Crippen LogP contribution in [0.5, 0.6) is 0 Å². The number of hydrogen-bond acceptors (Lipinski definition) is 5. The molecule has 0 aliphatic heterocycles. The highest BCUT2D eigenvalue weighted by atomic mass is 32.2. The van der Waals surface area contributed by atoms with Crippen molar-refractivity contribution in [2.24, 2.45) is 5.14 Å². The van der Waals surface area contributed by atoms with Gasteiger partial charge in [-0.15, -0.1) is 0 Å². The topological polar surface area (TPSA) is 136 Å². The van der Waals surface area contributed by atoms with Crippen molar-refractivity contribution in [2.75, 3.05) is 23.3 Å². The minimum absolute atomic E-state index is 0.0832. The van der Waals surface area contributed by atoms with Crippen LogP contribution in [0.3, 0.4) is 0 Å². The molecule has 0 unspecified atom stereocenters. The summed E-state index contributed by atoms with van der Waals surface area (Å²) in [5.74, 6) is -1.24. The van der Waals surface area contributed by atoms with Crippen LogP contribution in [0.15, 0.2) is 18.2 Å². The average Bonchev–Trinajstić information content (AvgIpc) is 2.22. The number of primary sulfonamides is 1. The van der Waals surface area contributed by atoms with Gasteiger partial charge in [-0.2, -0.15) is 0 Å². The number of benzene rings is 1. The van der Waals surface area contributed by atoms with Crippen molar-refractivity contribution < 1.29 is 18.3 Å². The minimum atomic E-state index is -3.49. The molecule has 0 saturated carbocycles. The van der Waals surface area contributed by atoms with Gasteiger partial charge in [0.05, 0.1) is 17.0 Å². The highest BCUT2D eigenvalue weighted by molar-refractivity contribution is 7.89. The van der Waals surface area contributed by atoms with Gasteiger partial charge in [-0.25, -0.2) is 18.4 Å². The zero-order chi connectivity index (χ0) is 13.8. The predicted molar refractivity (Wildman–Crippen MR) is 68.9 cm³/mol. The van der Waals surface area contributed by atoms with Crippen LogP contribution >= 0.6 is 0 Å². The number of carbonyl (C=O) groups is 1. The second kappa shape index (κ2) is 5.69. The van der Waals surface area contributed by atoms with E-state index in [0.717, 1.165) is 0 Å². The zero-order valence-corrected chi connectivity index (χ0v) is 10.4. The van der Waals surface area contributed by atoms with E-state index in [1.165, 1.54) is 18.2 Å². The van der Waals surface area contributed by atoms with Gasteiger partial charge in [0.2, 0.25) is 10.0 Å². The summed E-state index contributed by atoms with van der Waals surface area (Å²) in [5, 5.41) is 16.6. The Morgan fingerprint density at radius 3 is 2.61 bits per heavy atom. The molecule has 0 aromatic heterocycles. The number of rotatable bonds is 6. The van der Waals surface area contributed by atoms with Gasteiger partial charge in [-0.3, -0.25) is 0 Å². The Hall–Kier alpha value is -1.80. The monoisotopic (exact) mass is 273 g/mol. The Bertz CT molecular complexity index is 542. The summed E-state index contributed by atoms with van der Waals surface area (Å²) in [6.07, 6.45) is 0.284. The molecule has 0 saturated heterocycles. The normalized spacial score (nSPS) is 11.2. The molecule has 1 rings (SSSR count). The third kappa shape index (κ3) is 4.60. The highest BCUT2D eigenvalue weighted by Gasteiger charge is 2.10. The van der Waals surface area contributed by atoms with Crippen LogP contribution in [0.1, 0.15) is 16.8 Å². The van der Waals surface area contributed by atoms with Crippen LogP contribution in [0.2, 0.25) is 0 Å². The maximum atomic E-state index is 10.9. The van der Waals surface area contributed by atoms with Crippen molar-refractivity contribution in [1.29, 1.82) is 0 Å². The van der Waals surface area contributed by atoms with E-state index in [1.807, 2.05) is 0 Å². The fraction of sp³-hybridized carbons (Fsp3) is 0.300. The first kappa shape index (κ1) is 14.3. The molecule has 6 N–H and O–H groups in total. The lowest BCUT2D eigenvalue weighted by molar-refractivity contribution is 0.0698. The lowest BCUT2D eigenvalue weighted by Gasteiger charge is -2.10. The average molecular weight is 273 g/mol. The molecule has 0 aliphatic rings. The van der Waals surface area contributed by atoms with Gasteiger partial charge in [-0.1, -0.05) is 0 Å². The number of sulfonamides is 1. The summed E-state index contributed by atoms with van der Waals surface area (Å²) >= 11 is 0. The van der Waals surface area contributed by atoms with Crippen LogP contribution in [0.4, 0.5) is 11.4 Å². The number of carboxylic acids is 1. The smallest absolute Gasteiger partial charge is 0.337 e. The largest absolute Gasteiger partial charge is 0.478 e. The second-order valence-corrected chi connectivity index (χ2v) is 5.49. The van der Waals surface area contributed by atoms with Crippen molar-refractivity contribution >= 4 is 27.4 Å². The fourth-order valence-electron chi connectivity index (χ4n) is 1.39. The number of nitrogens with one attached hydrogen (secondary N) is 1. The number of nitrogens with two attached hydrogens (primary N) is 2. The Morgan fingerprint density at radius 1 is 1.39 bits per heavy atom. The van der Waals surface area contributed by atoms with Gasteiger partial charge in [0.25, 0.3) is 0 Å². The van der Waals surface area contributed by atoms with E-state index in [0.29, 0.717) is 17.9 Å². The van der Waals surface area contributed by atoms with Crippen LogP contribution in [0.25, 0.3) is 0 Å². The quantitative estimate of drug-likeness (QED) is 0.427. The first-order valence-corrected chi connectivity index (χ1v) is 6.88. The summed E-state index contributed by atoms with van der Waals surface area (Å²) in [5.41, 5.74) is 6.42. The summed E-state index contributed by atoms with van der Waals surface area (Å²) in [4.78, 5) is 10.9. The Kier molecular flexibility index (Phi) is 4.51. The molecule has 1 aromatic rings. The molecule has 18 heavy (non-hydrogen) atoms. The molecule has 0 fully saturated rings. The summed E-state index contributed by atoms with van der Waals surface area (Å²) < 4.78 is 21.4. The van der Waals surface area contributed by atoms with E-state index in [4.69, 9.17) is 16.0 Å². The van der Waals surface area contributed by atoms with Crippen LogP contribution in [-0.2, 0) is 10.0 Å². The molecule has 0 bridgehead atoms. The lowest BCUT2D eigenvalue weighted by Crippen LogP contribution is -2.19. The first-order chi connectivity index (χ1) is 8.29. The van der Waals surface area contributed by atoms with Crippen LogP contribution in [-0.4, -0.2) is 31.8 Å². The number of hydrogen-bond donors (Lipinski definition) is 4. The fourth-order valence-corrected chi connectivity index (χ4v) is 1.94. The van der Waals surface area contributed by atoms with Crippen molar-refractivity contribution in [3.05, 3.63) is 23.8 Å². The maximum absolute atomic E-state index is 10.9. The molecule has 8 heteroatoms. The Labute approximate surface area is 105 Å². The van der Waals surface area contributed by atoms with E-state index in [1.54, 1.807) is 0 Å². The minimum Gasteiger partial charge on any atom is -0.478 e. The Balaban J connectivity index is 2.66. The van der Waals surface area contributed by atoms with E-state index in [9.17, 15) is 13.2 Å². The van der Waals surface area contributed by atoms with Gasteiger partial charge in [0, 0.05) is 12.2 Å². The van der Waals surface area contributed by atoms with Gasteiger partial charge in [0.1, 0.15) is 0 Å². The van der Waals surface area contributed by atoms with E-state index in [2.05, 4.69) is 5.32 Å². The molecule has 0 radical (unpaired) electrons. The molecule has 0 heterocycles. The van der Waals surface area contributed by atoms with E-state index >= 15 is 0 Å². The molecule has 0 spiro atoms. The second-order valence-electron chi connectivity index (χ2n) is 3.76.